The Labute approximate surface area is 250 Å². The van der Waals surface area contributed by atoms with E-state index >= 15 is 4.39 Å². The molecule has 2 spiro atoms. The van der Waals surface area contributed by atoms with E-state index in [1.165, 1.54) is 12.3 Å². The SMILES string of the molecule is CC1(C)CCC2(CC1)N[C@@H](C(=O)N[C@H]1C[C@H](C(C)(C)O)C1)[C@H](c1ccnc(Cl)c1F)[C@]21C(=O)Nc2cc(Cl)ccc21. The van der Waals surface area contributed by atoms with Crippen molar-refractivity contribution in [3.8, 4) is 0 Å². The van der Waals surface area contributed by atoms with Crippen LogP contribution < -0.4 is 16.0 Å². The van der Waals surface area contributed by atoms with Gasteiger partial charge >= 0.3 is 0 Å². The van der Waals surface area contributed by atoms with Gasteiger partial charge in [0.1, 0.15) is 5.41 Å². The van der Waals surface area contributed by atoms with Crippen LogP contribution in [0.5, 0.6) is 0 Å². The fourth-order valence-corrected chi connectivity index (χ4v) is 8.27. The van der Waals surface area contributed by atoms with Crippen LogP contribution in [0.2, 0.25) is 10.2 Å². The first-order valence-electron chi connectivity index (χ1n) is 14.4. The van der Waals surface area contributed by atoms with Crippen molar-refractivity contribution < 1.29 is 19.1 Å². The first-order chi connectivity index (χ1) is 19.2. The molecule has 4 N–H and O–H groups in total. The molecule has 2 amide bonds. The molecule has 41 heavy (non-hydrogen) atoms. The van der Waals surface area contributed by atoms with E-state index in [1.807, 2.05) is 6.07 Å². The molecule has 7 nitrogen and oxygen atoms in total. The molecule has 2 aliphatic carbocycles. The number of hydrogen-bond donors (Lipinski definition) is 4. The van der Waals surface area contributed by atoms with Crippen molar-refractivity contribution in [3.05, 3.63) is 57.6 Å². The van der Waals surface area contributed by atoms with Crippen molar-refractivity contribution in [2.45, 2.75) is 101 Å². The molecule has 1 aromatic heterocycles. The number of nitrogens with one attached hydrogen (secondary N) is 3. The number of amides is 2. The Bertz CT molecular complexity index is 1410. The first kappa shape index (κ1) is 28.8. The molecular weight excluding hydrogens is 566 g/mol. The number of anilines is 1. The molecule has 3 heterocycles. The van der Waals surface area contributed by atoms with Gasteiger partial charge in [0.15, 0.2) is 11.0 Å². The minimum absolute atomic E-state index is 0.0606. The summed E-state index contributed by atoms with van der Waals surface area (Å²) in [5, 5.41) is 20.4. The van der Waals surface area contributed by atoms with Crippen LogP contribution in [0.15, 0.2) is 30.5 Å². The van der Waals surface area contributed by atoms with Crippen molar-refractivity contribution in [1.82, 2.24) is 15.6 Å². The molecular formula is C31H37Cl2FN4O3. The van der Waals surface area contributed by atoms with Crippen molar-refractivity contribution in [1.29, 1.82) is 0 Å². The van der Waals surface area contributed by atoms with Gasteiger partial charge in [-0.25, -0.2) is 9.37 Å². The quantitative estimate of drug-likeness (QED) is 0.347. The van der Waals surface area contributed by atoms with Crippen molar-refractivity contribution in [3.63, 3.8) is 0 Å². The molecule has 2 saturated carbocycles. The smallest absolute Gasteiger partial charge is 0.238 e. The summed E-state index contributed by atoms with van der Waals surface area (Å²) >= 11 is 12.6. The second-order valence-corrected chi connectivity index (χ2v) is 14.6. The van der Waals surface area contributed by atoms with Crippen LogP contribution in [0.25, 0.3) is 0 Å². The van der Waals surface area contributed by atoms with Crippen LogP contribution >= 0.6 is 23.2 Å². The van der Waals surface area contributed by atoms with E-state index in [1.54, 1.807) is 26.0 Å². The standard InChI is InChI=1S/C31H37Cl2FN4O3/c1-28(2)8-10-30(11-9-28)31(20-6-5-17(32)15-21(20)37-27(31)40)22(19-7-12-35-25(33)23(19)34)24(38-30)26(39)36-18-13-16(14-18)29(3,4)41/h5-7,12,15-16,18,22,24,38,41H,8-11,13-14H2,1-4H3,(H,36,39)(H,37,40)/t16-,18-,22-,24+,31+/m0/s1. The molecule has 3 atom stereocenters. The average Bonchev–Trinajstić information content (AvgIpc) is 3.32. The largest absolute Gasteiger partial charge is 0.390 e. The van der Waals surface area contributed by atoms with Crippen LogP contribution in [0.3, 0.4) is 0 Å². The van der Waals surface area contributed by atoms with Crippen LogP contribution in [0.1, 0.15) is 83.3 Å². The monoisotopic (exact) mass is 602 g/mol. The number of aromatic nitrogens is 1. The fraction of sp³-hybridized carbons (Fsp3) is 0.581. The summed E-state index contributed by atoms with van der Waals surface area (Å²) in [5.41, 5.74) is -1.43. The van der Waals surface area contributed by atoms with Gasteiger partial charge in [0.25, 0.3) is 0 Å². The first-order valence-corrected chi connectivity index (χ1v) is 15.2. The molecule has 2 aromatic rings. The average molecular weight is 604 g/mol. The Morgan fingerprint density at radius 3 is 2.49 bits per heavy atom. The lowest BCUT2D eigenvalue weighted by Crippen LogP contribution is -2.61. The maximum atomic E-state index is 16.0. The number of carbonyl (C=O) groups excluding carboxylic acids is 2. The topological polar surface area (TPSA) is 103 Å². The molecule has 220 valence electrons. The maximum absolute atomic E-state index is 16.0. The minimum Gasteiger partial charge on any atom is -0.390 e. The molecule has 4 aliphatic rings. The molecule has 6 rings (SSSR count). The number of benzene rings is 1. The predicted molar refractivity (Wildman–Crippen MR) is 157 cm³/mol. The van der Waals surface area contributed by atoms with E-state index in [0.717, 1.165) is 12.8 Å². The number of pyridine rings is 1. The Morgan fingerprint density at radius 2 is 1.83 bits per heavy atom. The van der Waals surface area contributed by atoms with Crippen molar-refractivity contribution in [2.75, 3.05) is 5.32 Å². The van der Waals surface area contributed by atoms with Crippen molar-refractivity contribution >= 4 is 40.7 Å². The predicted octanol–water partition coefficient (Wildman–Crippen LogP) is 5.48. The summed E-state index contributed by atoms with van der Waals surface area (Å²) in [6.45, 7) is 7.98. The Kier molecular flexibility index (Phi) is 6.77. The van der Waals surface area contributed by atoms with Crippen molar-refractivity contribution in [2.24, 2.45) is 11.3 Å². The van der Waals surface area contributed by atoms with Gasteiger partial charge in [-0.1, -0.05) is 43.1 Å². The summed E-state index contributed by atoms with van der Waals surface area (Å²) in [5.74, 6) is -2.13. The molecule has 1 saturated heterocycles. The molecule has 0 bridgehead atoms. The van der Waals surface area contributed by atoms with E-state index in [9.17, 15) is 14.7 Å². The molecule has 1 aromatic carbocycles. The Balaban J connectivity index is 1.50. The summed E-state index contributed by atoms with van der Waals surface area (Å²) < 4.78 is 16.0. The van der Waals surface area contributed by atoms with Gasteiger partial charge in [-0.2, -0.15) is 0 Å². The van der Waals surface area contributed by atoms with E-state index in [0.29, 0.717) is 42.0 Å². The number of fused-ring (bicyclic) bond motifs is 3. The van der Waals surface area contributed by atoms with Gasteiger partial charge in [-0.3, -0.25) is 14.9 Å². The van der Waals surface area contributed by atoms with Crippen LogP contribution in [-0.2, 0) is 15.0 Å². The Morgan fingerprint density at radius 1 is 1.15 bits per heavy atom. The van der Waals surface area contributed by atoms with Crippen LogP contribution in [0, 0.1) is 17.2 Å². The summed E-state index contributed by atoms with van der Waals surface area (Å²) in [7, 11) is 0. The summed E-state index contributed by atoms with van der Waals surface area (Å²) in [6.07, 6.45) is 5.63. The normalized spacial score (nSPS) is 31.6. The highest BCUT2D eigenvalue weighted by atomic mass is 35.5. The molecule has 10 heteroatoms. The third-order valence-corrected chi connectivity index (χ3v) is 10.9. The van der Waals surface area contributed by atoms with Gasteiger partial charge in [-0.15, -0.1) is 0 Å². The van der Waals surface area contributed by atoms with E-state index < -0.39 is 34.3 Å². The molecule has 2 aliphatic heterocycles. The lowest BCUT2D eigenvalue weighted by atomic mass is 9.53. The maximum Gasteiger partial charge on any atom is 0.238 e. The van der Waals surface area contributed by atoms with E-state index in [-0.39, 0.29) is 39.9 Å². The second-order valence-electron chi connectivity index (χ2n) is 13.8. The third-order valence-electron chi connectivity index (χ3n) is 10.4. The number of aliphatic hydroxyl groups is 1. The second kappa shape index (κ2) is 9.63. The zero-order chi connectivity index (χ0) is 29.5. The minimum atomic E-state index is -1.30. The zero-order valence-electron chi connectivity index (χ0n) is 23.8. The third kappa shape index (κ3) is 4.39. The lowest BCUT2D eigenvalue weighted by molar-refractivity contribution is -0.126. The number of halogens is 3. The number of hydrogen-bond acceptors (Lipinski definition) is 5. The number of nitrogens with zero attached hydrogens (tertiary/aromatic N) is 1. The molecule has 0 radical (unpaired) electrons. The highest BCUT2D eigenvalue weighted by molar-refractivity contribution is 6.31. The number of rotatable bonds is 4. The molecule has 3 fully saturated rings. The lowest BCUT2D eigenvalue weighted by Gasteiger charge is -2.50. The Hall–Kier alpha value is -2.26. The van der Waals surface area contributed by atoms with Gasteiger partial charge in [0.2, 0.25) is 11.8 Å². The van der Waals surface area contributed by atoms with E-state index in [2.05, 4.69) is 34.8 Å². The van der Waals surface area contributed by atoms with E-state index in [4.69, 9.17) is 23.2 Å². The van der Waals surface area contributed by atoms with Gasteiger partial charge in [0.05, 0.1) is 11.6 Å². The van der Waals surface area contributed by atoms with Gasteiger partial charge in [0, 0.05) is 34.4 Å². The van der Waals surface area contributed by atoms with Crippen LogP contribution in [-0.4, -0.2) is 45.1 Å². The highest BCUT2D eigenvalue weighted by Crippen LogP contribution is 2.64. The highest BCUT2D eigenvalue weighted by Gasteiger charge is 2.73. The summed E-state index contributed by atoms with van der Waals surface area (Å²) in [6, 6.07) is 5.80. The van der Waals surface area contributed by atoms with Gasteiger partial charge in [-0.05, 0) is 93.0 Å². The van der Waals surface area contributed by atoms with Gasteiger partial charge < -0.3 is 15.7 Å². The molecule has 0 unspecified atom stereocenters. The van der Waals surface area contributed by atoms with Crippen LogP contribution in [0.4, 0.5) is 10.1 Å². The number of carbonyl (C=O) groups is 2. The fourth-order valence-electron chi connectivity index (χ4n) is 7.93. The summed E-state index contributed by atoms with van der Waals surface area (Å²) in [4.78, 5) is 32.6. The zero-order valence-corrected chi connectivity index (χ0v) is 25.3.